The minimum Gasteiger partial charge on any atom is -0.385 e. The van der Waals surface area contributed by atoms with Crippen molar-refractivity contribution in [2.45, 2.75) is 25.4 Å². The number of hydrogen-bond acceptors (Lipinski definition) is 3. The van der Waals surface area contributed by atoms with Crippen LogP contribution in [0.3, 0.4) is 0 Å². The molecule has 0 radical (unpaired) electrons. The number of aliphatic hydroxyl groups is 1. The Morgan fingerprint density at radius 2 is 2.12 bits per heavy atom. The SMILES string of the molecule is CC(O)(CC1CNCCC1=O)c1ccccc1. The first-order valence-electron chi connectivity index (χ1n) is 6.11. The van der Waals surface area contributed by atoms with Crippen molar-refractivity contribution in [3.63, 3.8) is 0 Å². The van der Waals surface area contributed by atoms with Gasteiger partial charge in [-0.1, -0.05) is 30.3 Å². The fourth-order valence-electron chi connectivity index (χ4n) is 2.39. The molecule has 1 saturated heterocycles. The van der Waals surface area contributed by atoms with Crippen LogP contribution in [0.2, 0.25) is 0 Å². The maximum absolute atomic E-state index is 11.8. The van der Waals surface area contributed by atoms with Gasteiger partial charge in [-0.2, -0.15) is 0 Å². The number of carbonyl (C=O) groups excluding carboxylic acids is 1. The molecule has 1 aliphatic heterocycles. The number of Topliss-reactive ketones (excluding diaryl/α,β-unsaturated/α-hetero) is 1. The molecule has 1 fully saturated rings. The van der Waals surface area contributed by atoms with Crippen molar-refractivity contribution in [1.29, 1.82) is 0 Å². The Morgan fingerprint density at radius 1 is 1.41 bits per heavy atom. The first-order valence-corrected chi connectivity index (χ1v) is 6.11. The molecule has 0 amide bonds. The van der Waals surface area contributed by atoms with E-state index < -0.39 is 5.60 Å². The van der Waals surface area contributed by atoms with Gasteiger partial charge in [-0.05, 0) is 18.9 Å². The van der Waals surface area contributed by atoms with E-state index in [1.54, 1.807) is 6.92 Å². The first-order chi connectivity index (χ1) is 8.09. The molecule has 92 valence electrons. The largest absolute Gasteiger partial charge is 0.385 e. The summed E-state index contributed by atoms with van der Waals surface area (Å²) in [5.74, 6) is 0.193. The van der Waals surface area contributed by atoms with Crippen LogP contribution in [-0.4, -0.2) is 24.0 Å². The van der Waals surface area contributed by atoms with E-state index in [1.165, 1.54) is 0 Å². The molecule has 2 N–H and O–H groups in total. The van der Waals surface area contributed by atoms with Gasteiger partial charge in [-0.25, -0.2) is 0 Å². The van der Waals surface area contributed by atoms with Gasteiger partial charge in [-0.3, -0.25) is 4.79 Å². The Labute approximate surface area is 102 Å². The Balaban J connectivity index is 2.09. The smallest absolute Gasteiger partial charge is 0.138 e. The van der Waals surface area contributed by atoms with E-state index >= 15 is 0 Å². The van der Waals surface area contributed by atoms with Crippen LogP contribution in [0.4, 0.5) is 0 Å². The zero-order valence-electron chi connectivity index (χ0n) is 10.1. The van der Waals surface area contributed by atoms with Gasteiger partial charge in [0.1, 0.15) is 5.78 Å². The molecule has 2 atom stereocenters. The van der Waals surface area contributed by atoms with E-state index in [2.05, 4.69) is 5.32 Å². The van der Waals surface area contributed by atoms with Gasteiger partial charge >= 0.3 is 0 Å². The fourth-order valence-corrected chi connectivity index (χ4v) is 2.39. The highest BCUT2D eigenvalue weighted by atomic mass is 16.3. The molecule has 0 saturated carbocycles. The third kappa shape index (κ3) is 2.93. The highest BCUT2D eigenvalue weighted by Crippen LogP contribution is 2.29. The number of piperidine rings is 1. The van der Waals surface area contributed by atoms with E-state index in [4.69, 9.17) is 0 Å². The molecule has 2 rings (SSSR count). The Hall–Kier alpha value is -1.19. The second kappa shape index (κ2) is 4.98. The van der Waals surface area contributed by atoms with Crippen molar-refractivity contribution in [2.75, 3.05) is 13.1 Å². The van der Waals surface area contributed by atoms with Gasteiger partial charge < -0.3 is 10.4 Å². The lowest BCUT2D eigenvalue weighted by Gasteiger charge is -2.30. The van der Waals surface area contributed by atoms with Crippen LogP contribution in [0.25, 0.3) is 0 Å². The van der Waals surface area contributed by atoms with E-state index in [-0.39, 0.29) is 11.7 Å². The van der Waals surface area contributed by atoms with Crippen LogP contribution >= 0.6 is 0 Å². The summed E-state index contributed by atoms with van der Waals surface area (Å²) in [4.78, 5) is 11.8. The van der Waals surface area contributed by atoms with Gasteiger partial charge in [0.25, 0.3) is 0 Å². The zero-order valence-corrected chi connectivity index (χ0v) is 10.1. The van der Waals surface area contributed by atoms with Crippen LogP contribution < -0.4 is 5.32 Å². The van der Waals surface area contributed by atoms with Crippen molar-refractivity contribution in [3.05, 3.63) is 35.9 Å². The van der Waals surface area contributed by atoms with E-state index in [0.717, 1.165) is 12.1 Å². The normalized spacial score (nSPS) is 24.4. The lowest BCUT2D eigenvalue weighted by molar-refractivity contribution is -0.126. The van der Waals surface area contributed by atoms with E-state index in [9.17, 15) is 9.90 Å². The van der Waals surface area contributed by atoms with Gasteiger partial charge in [0.05, 0.1) is 5.60 Å². The number of hydrogen-bond donors (Lipinski definition) is 2. The Morgan fingerprint density at radius 3 is 2.76 bits per heavy atom. The van der Waals surface area contributed by atoms with Crippen molar-refractivity contribution >= 4 is 5.78 Å². The standard InChI is InChI=1S/C14H19NO2/c1-14(17,12-5-3-2-4-6-12)9-11-10-15-8-7-13(11)16/h2-6,11,15,17H,7-10H2,1H3. The van der Waals surface area contributed by atoms with Crippen LogP contribution in [0.15, 0.2) is 30.3 Å². The monoisotopic (exact) mass is 233 g/mol. The molecule has 0 aliphatic carbocycles. The minimum atomic E-state index is -0.930. The van der Waals surface area contributed by atoms with Crippen LogP contribution in [0.5, 0.6) is 0 Å². The molecule has 3 nitrogen and oxygen atoms in total. The summed E-state index contributed by atoms with van der Waals surface area (Å²) in [6.07, 6.45) is 1.07. The van der Waals surface area contributed by atoms with E-state index in [1.807, 2.05) is 30.3 Å². The predicted octanol–water partition coefficient (Wildman–Crippen LogP) is 1.46. The molecule has 0 spiro atoms. The van der Waals surface area contributed by atoms with Gasteiger partial charge in [-0.15, -0.1) is 0 Å². The lowest BCUT2D eigenvalue weighted by atomic mass is 9.82. The molecule has 17 heavy (non-hydrogen) atoms. The number of ketones is 1. The first kappa shape index (κ1) is 12.3. The summed E-state index contributed by atoms with van der Waals surface area (Å²) in [5, 5.41) is 13.7. The van der Waals surface area contributed by atoms with Crippen molar-refractivity contribution in [2.24, 2.45) is 5.92 Å². The summed E-state index contributed by atoms with van der Waals surface area (Å²) < 4.78 is 0. The van der Waals surface area contributed by atoms with Gasteiger partial charge in [0, 0.05) is 25.4 Å². The second-order valence-corrected chi connectivity index (χ2v) is 4.96. The van der Waals surface area contributed by atoms with Crippen LogP contribution in [-0.2, 0) is 10.4 Å². The van der Waals surface area contributed by atoms with Crippen LogP contribution in [0.1, 0.15) is 25.3 Å². The highest BCUT2D eigenvalue weighted by molar-refractivity contribution is 5.82. The lowest BCUT2D eigenvalue weighted by Crippen LogP contribution is -2.40. The summed E-state index contributed by atoms with van der Waals surface area (Å²) >= 11 is 0. The van der Waals surface area contributed by atoms with Crippen LogP contribution in [0, 0.1) is 5.92 Å². The second-order valence-electron chi connectivity index (χ2n) is 4.96. The quantitative estimate of drug-likeness (QED) is 0.831. The topological polar surface area (TPSA) is 49.3 Å². The molecular formula is C14H19NO2. The summed E-state index contributed by atoms with van der Waals surface area (Å²) in [6, 6.07) is 9.55. The average molecular weight is 233 g/mol. The molecule has 1 aromatic carbocycles. The predicted molar refractivity (Wildman–Crippen MR) is 66.6 cm³/mol. The van der Waals surface area contributed by atoms with Gasteiger partial charge in [0.2, 0.25) is 0 Å². The maximum atomic E-state index is 11.8. The molecule has 1 heterocycles. The number of carbonyl (C=O) groups is 1. The molecule has 2 unspecified atom stereocenters. The van der Waals surface area contributed by atoms with Crippen molar-refractivity contribution in [3.8, 4) is 0 Å². The number of nitrogens with one attached hydrogen (secondary N) is 1. The third-order valence-electron chi connectivity index (χ3n) is 3.43. The van der Waals surface area contributed by atoms with E-state index in [0.29, 0.717) is 19.4 Å². The molecule has 3 heteroatoms. The Kier molecular flexibility index (Phi) is 3.60. The average Bonchev–Trinajstić information content (AvgIpc) is 2.33. The molecule has 0 aromatic heterocycles. The summed E-state index contributed by atoms with van der Waals surface area (Å²) in [5.41, 5.74) is -0.0565. The minimum absolute atomic E-state index is 0.0704. The van der Waals surface area contributed by atoms with Crippen molar-refractivity contribution in [1.82, 2.24) is 5.32 Å². The zero-order chi connectivity index (χ0) is 12.3. The summed E-state index contributed by atoms with van der Waals surface area (Å²) in [7, 11) is 0. The molecular weight excluding hydrogens is 214 g/mol. The number of rotatable bonds is 3. The maximum Gasteiger partial charge on any atom is 0.138 e. The molecule has 1 aromatic rings. The fraction of sp³-hybridized carbons (Fsp3) is 0.500. The van der Waals surface area contributed by atoms with Gasteiger partial charge in [0.15, 0.2) is 0 Å². The molecule has 0 bridgehead atoms. The highest BCUT2D eigenvalue weighted by Gasteiger charge is 2.31. The summed E-state index contributed by atoms with van der Waals surface area (Å²) in [6.45, 7) is 3.23. The third-order valence-corrected chi connectivity index (χ3v) is 3.43. The number of benzene rings is 1. The van der Waals surface area contributed by atoms with Crippen molar-refractivity contribution < 1.29 is 9.90 Å². The Bertz CT molecular complexity index is 386. The molecule has 1 aliphatic rings.